The van der Waals surface area contributed by atoms with Gasteiger partial charge in [-0.05, 0) is 78.6 Å². The van der Waals surface area contributed by atoms with Crippen LogP contribution in [0.25, 0.3) is 11.1 Å². The Kier molecular flexibility index (Phi) is 5.46. The van der Waals surface area contributed by atoms with Crippen molar-refractivity contribution in [1.29, 1.82) is 0 Å². The number of nitrogens with zero attached hydrogens (tertiary/aromatic N) is 1. The van der Waals surface area contributed by atoms with Crippen LogP contribution >= 0.6 is 0 Å². The third kappa shape index (κ3) is 4.14. The van der Waals surface area contributed by atoms with Crippen LogP contribution in [0, 0.1) is 5.82 Å². The highest BCUT2D eigenvalue weighted by molar-refractivity contribution is 5.94. The molecule has 0 saturated heterocycles. The second-order valence-electron chi connectivity index (χ2n) is 7.83. The summed E-state index contributed by atoms with van der Waals surface area (Å²) in [7, 11) is 0. The molecule has 158 valence electrons. The molecular weight excluding hydrogens is 395 g/mol. The number of carbonyl (C=O) groups excluding carboxylic acids is 1. The number of carboxylic acid groups (broad SMARTS) is 1. The molecule has 3 aromatic rings. The third-order valence-corrected chi connectivity index (χ3v) is 5.67. The van der Waals surface area contributed by atoms with Gasteiger partial charge >= 0.3 is 5.97 Å². The predicted molar refractivity (Wildman–Crippen MR) is 119 cm³/mol. The summed E-state index contributed by atoms with van der Waals surface area (Å²) in [6.45, 7) is 3.58. The average molecular weight is 418 g/mol. The second kappa shape index (κ2) is 8.22. The summed E-state index contributed by atoms with van der Waals surface area (Å²) in [5.41, 5.74) is 4.67. The van der Waals surface area contributed by atoms with E-state index in [1.165, 1.54) is 12.1 Å². The molecule has 3 aromatic carbocycles. The minimum atomic E-state index is -0.966. The Hall–Kier alpha value is -3.67. The van der Waals surface area contributed by atoms with Crippen molar-refractivity contribution in [3.05, 3.63) is 83.7 Å². The van der Waals surface area contributed by atoms with E-state index >= 15 is 0 Å². The molecule has 1 aliphatic rings. The third-order valence-electron chi connectivity index (χ3n) is 5.67. The van der Waals surface area contributed by atoms with E-state index in [-0.39, 0.29) is 29.4 Å². The van der Waals surface area contributed by atoms with Crippen LogP contribution in [0.1, 0.15) is 42.2 Å². The summed E-state index contributed by atoms with van der Waals surface area (Å²) in [5, 5.41) is 12.6. The fourth-order valence-electron chi connectivity index (χ4n) is 4.21. The van der Waals surface area contributed by atoms with Gasteiger partial charge in [-0.1, -0.05) is 18.2 Å². The maximum atomic E-state index is 13.3. The monoisotopic (exact) mass is 418 g/mol. The molecule has 4 rings (SSSR count). The molecule has 0 bridgehead atoms. The Bertz CT molecular complexity index is 1130. The van der Waals surface area contributed by atoms with Crippen LogP contribution < -0.4 is 10.2 Å². The van der Waals surface area contributed by atoms with Crippen LogP contribution in [0.15, 0.2) is 66.7 Å². The fourth-order valence-corrected chi connectivity index (χ4v) is 4.21. The number of carboxylic acids is 1. The smallest absolute Gasteiger partial charge is 0.335 e. The number of aromatic carboxylic acids is 1. The summed E-state index contributed by atoms with van der Waals surface area (Å²) < 4.78 is 13.3. The maximum Gasteiger partial charge on any atom is 0.335 e. The number of anilines is 2. The minimum absolute atomic E-state index is 0.00338. The first-order chi connectivity index (χ1) is 14.8. The summed E-state index contributed by atoms with van der Waals surface area (Å²) in [6, 6.07) is 18.8. The lowest BCUT2D eigenvalue weighted by molar-refractivity contribution is -0.117. The van der Waals surface area contributed by atoms with Crippen molar-refractivity contribution in [3.8, 4) is 11.1 Å². The Morgan fingerprint density at radius 2 is 1.65 bits per heavy atom. The largest absolute Gasteiger partial charge is 0.478 e. The molecule has 0 aromatic heterocycles. The number of halogens is 1. The molecule has 0 fully saturated rings. The first-order valence-corrected chi connectivity index (χ1v) is 10.1. The van der Waals surface area contributed by atoms with Gasteiger partial charge < -0.3 is 15.3 Å². The molecule has 0 saturated carbocycles. The zero-order valence-electron chi connectivity index (χ0n) is 17.3. The van der Waals surface area contributed by atoms with E-state index in [0.717, 1.165) is 28.1 Å². The first-order valence-electron chi connectivity index (χ1n) is 10.1. The molecule has 2 unspecified atom stereocenters. The van der Waals surface area contributed by atoms with Crippen LogP contribution in [-0.4, -0.2) is 23.0 Å². The van der Waals surface area contributed by atoms with Crippen LogP contribution in [0.3, 0.4) is 0 Å². The molecule has 1 aliphatic heterocycles. The van der Waals surface area contributed by atoms with Gasteiger partial charge in [-0.15, -0.1) is 0 Å². The molecule has 0 spiro atoms. The number of hydrogen-bond donors (Lipinski definition) is 2. The molecule has 0 aliphatic carbocycles. The highest BCUT2D eigenvalue weighted by Gasteiger charge is 2.32. The van der Waals surface area contributed by atoms with E-state index in [9.17, 15) is 14.0 Å². The van der Waals surface area contributed by atoms with Gasteiger partial charge in [0.2, 0.25) is 5.91 Å². The number of hydrogen-bond acceptors (Lipinski definition) is 3. The molecule has 1 amide bonds. The van der Waals surface area contributed by atoms with Crippen LogP contribution in [0.5, 0.6) is 0 Å². The number of carbonyl (C=O) groups is 2. The molecule has 1 heterocycles. The van der Waals surface area contributed by atoms with Crippen LogP contribution in [-0.2, 0) is 4.79 Å². The summed E-state index contributed by atoms with van der Waals surface area (Å²) in [5.74, 6) is -1.28. The molecule has 2 N–H and O–H groups in total. The summed E-state index contributed by atoms with van der Waals surface area (Å²) in [6.07, 6.45) is 0.700. The van der Waals surface area contributed by atoms with Gasteiger partial charge in [0.05, 0.1) is 11.6 Å². The average Bonchev–Trinajstić information content (AvgIpc) is 2.75. The Morgan fingerprint density at radius 3 is 2.26 bits per heavy atom. The van der Waals surface area contributed by atoms with E-state index in [1.54, 1.807) is 48.2 Å². The van der Waals surface area contributed by atoms with Gasteiger partial charge in [0, 0.05) is 24.3 Å². The normalized spacial score (nSPS) is 17.7. The standard InChI is InChI=1S/C25H23FN2O3/c1-15-13-23(27-21-10-8-20(26)9-11-21)22-14-19(7-12-24(22)28(15)16(2)29)17-3-5-18(6-4-17)25(30)31/h3-12,14-15,23,27H,13H2,1-2H3,(H,30,31). The summed E-state index contributed by atoms with van der Waals surface area (Å²) >= 11 is 0. The number of nitrogens with one attached hydrogen (secondary N) is 1. The fraction of sp³-hybridized carbons (Fsp3) is 0.200. The topological polar surface area (TPSA) is 69.6 Å². The van der Waals surface area contributed by atoms with Gasteiger partial charge in [-0.2, -0.15) is 0 Å². The number of amides is 1. The molecule has 31 heavy (non-hydrogen) atoms. The van der Waals surface area contributed by atoms with Crippen molar-refractivity contribution in [2.45, 2.75) is 32.4 Å². The number of rotatable bonds is 4. The van der Waals surface area contributed by atoms with Crippen molar-refractivity contribution in [3.63, 3.8) is 0 Å². The van der Waals surface area contributed by atoms with E-state index in [4.69, 9.17) is 5.11 Å². The minimum Gasteiger partial charge on any atom is -0.478 e. The molecule has 0 radical (unpaired) electrons. The second-order valence-corrected chi connectivity index (χ2v) is 7.83. The summed E-state index contributed by atoms with van der Waals surface area (Å²) in [4.78, 5) is 25.3. The SMILES string of the molecule is CC(=O)N1c2ccc(-c3ccc(C(=O)O)cc3)cc2C(Nc2ccc(F)cc2)CC1C. The Balaban J connectivity index is 1.75. The van der Waals surface area contributed by atoms with Crippen molar-refractivity contribution in [1.82, 2.24) is 0 Å². The lowest BCUT2D eigenvalue weighted by atomic mass is 9.88. The number of benzene rings is 3. The zero-order chi connectivity index (χ0) is 22.1. The van der Waals surface area contributed by atoms with Gasteiger partial charge in [-0.25, -0.2) is 9.18 Å². The lowest BCUT2D eigenvalue weighted by Gasteiger charge is -2.39. The van der Waals surface area contributed by atoms with Crippen LogP contribution in [0.2, 0.25) is 0 Å². The number of fused-ring (bicyclic) bond motifs is 1. The van der Waals surface area contributed by atoms with E-state index in [2.05, 4.69) is 5.32 Å². The molecule has 6 heteroatoms. The maximum absolute atomic E-state index is 13.3. The van der Waals surface area contributed by atoms with Gasteiger partial charge in [0.25, 0.3) is 0 Å². The van der Waals surface area contributed by atoms with Gasteiger partial charge in [-0.3, -0.25) is 4.79 Å². The quantitative estimate of drug-likeness (QED) is 0.588. The molecular formula is C25H23FN2O3. The van der Waals surface area contributed by atoms with E-state index in [1.807, 2.05) is 25.1 Å². The zero-order valence-corrected chi connectivity index (χ0v) is 17.3. The Labute approximate surface area is 180 Å². The van der Waals surface area contributed by atoms with E-state index in [0.29, 0.717) is 6.42 Å². The Morgan fingerprint density at radius 1 is 1.00 bits per heavy atom. The highest BCUT2D eigenvalue weighted by Crippen LogP contribution is 2.41. The molecule has 5 nitrogen and oxygen atoms in total. The van der Waals surface area contributed by atoms with Crippen molar-refractivity contribution in [2.75, 3.05) is 10.2 Å². The van der Waals surface area contributed by atoms with E-state index < -0.39 is 5.97 Å². The first kappa shape index (κ1) is 20.6. The van der Waals surface area contributed by atoms with Crippen molar-refractivity contribution >= 4 is 23.3 Å². The van der Waals surface area contributed by atoms with Gasteiger partial charge in [0.15, 0.2) is 0 Å². The molecule has 2 atom stereocenters. The van der Waals surface area contributed by atoms with Crippen molar-refractivity contribution < 1.29 is 19.1 Å². The predicted octanol–water partition coefficient (Wildman–Crippen LogP) is 5.49. The van der Waals surface area contributed by atoms with Crippen molar-refractivity contribution in [2.24, 2.45) is 0 Å². The lowest BCUT2D eigenvalue weighted by Crippen LogP contribution is -2.43. The van der Waals surface area contributed by atoms with Gasteiger partial charge in [0.1, 0.15) is 5.82 Å². The highest BCUT2D eigenvalue weighted by atomic mass is 19.1. The van der Waals surface area contributed by atoms with Crippen LogP contribution in [0.4, 0.5) is 15.8 Å².